The van der Waals surface area contributed by atoms with Crippen molar-refractivity contribution in [2.45, 2.75) is 52.4 Å². The molecule has 0 aliphatic carbocycles. The molecule has 0 radical (unpaired) electrons. The van der Waals surface area contributed by atoms with Crippen molar-refractivity contribution in [3.8, 4) is 11.1 Å². The fraction of sp³-hybridized carbons (Fsp3) is 0.393. The van der Waals surface area contributed by atoms with E-state index in [9.17, 15) is 24.6 Å². The van der Waals surface area contributed by atoms with Crippen molar-refractivity contribution in [1.82, 2.24) is 20.3 Å². The maximum Gasteiger partial charge on any atom is 0.324 e. The quantitative estimate of drug-likeness (QED) is 0.239. The van der Waals surface area contributed by atoms with Crippen LogP contribution in [0.25, 0.3) is 11.1 Å². The molecule has 5 N–H and O–H groups in total. The number of nitrogens with zero attached hydrogens (tertiary/aromatic N) is 3. The van der Waals surface area contributed by atoms with Gasteiger partial charge in [0.05, 0.1) is 18.2 Å². The average Bonchev–Trinajstić information content (AvgIpc) is 3.41. The summed E-state index contributed by atoms with van der Waals surface area (Å²) in [4.78, 5) is 36.9. The number of rotatable bonds is 13. The number of carboxylic acid groups (broad SMARTS) is 1. The van der Waals surface area contributed by atoms with Crippen molar-refractivity contribution in [3.05, 3.63) is 72.1 Å². The van der Waals surface area contributed by atoms with Gasteiger partial charge in [-0.2, -0.15) is 0 Å². The summed E-state index contributed by atoms with van der Waals surface area (Å²) in [5.41, 5.74) is 7.23. The number of ether oxygens (including phenoxy) is 1. The summed E-state index contributed by atoms with van der Waals surface area (Å²) >= 11 is 0. The maximum absolute atomic E-state index is 13.0. The minimum Gasteiger partial charge on any atom is -0.481 e. The Kier molecular flexibility index (Phi) is 9.91. The first-order valence-corrected chi connectivity index (χ1v) is 12.6. The number of nitrogens with two attached hydrogens (primary N) is 1. The summed E-state index contributed by atoms with van der Waals surface area (Å²) in [7, 11) is 0. The number of hydrogen-bond acceptors (Lipinski definition) is 8. The Balaban J connectivity index is 1.72. The minimum atomic E-state index is -1.47. The molecular weight excluding hydrogens is 502 g/mol. The number of esters is 1. The number of aliphatic carboxylic acids is 1. The highest BCUT2D eigenvalue weighted by Gasteiger charge is 2.36. The number of carbonyl (C=O) groups excluding carboxylic acids is 2. The fourth-order valence-corrected chi connectivity index (χ4v) is 3.91. The van der Waals surface area contributed by atoms with Crippen LogP contribution in [0.3, 0.4) is 0 Å². The monoisotopic (exact) mass is 537 g/mol. The second kappa shape index (κ2) is 13.1. The highest BCUT2D eigenvalue weighted by molar-refractivity contribution is 5.92. The predicted molar refractivity (Wildman–Crippen MR) is 143 cm³/mol. The number of carboxylic acids is 1. The van der Waals surface area contributed by atoms with Crippen LogP contribution < -0.4 is 11.1 Å². The molecule has 39 heavy (non-hydrogen) atoms. The third-order valence-corrected chi connectivity index (χ3v) is 6.54. The smallest absolute Gasteiger partial charge is 0.324 e. The molecule has 1 aromatic heterocycles. The standard InChI is InChI=1S/C28H35N5O6/c1-18(2)24(29)26(36)39-17-33-15-23(31-32-33)25(35)30-22(14-28(3,16-34)27(37)38)13-19-9-11-21(12-10-19)20-7-5-4-6-8-20/h4-12,15,18,22,24,34H,13-14,16-17,29H2,1-3H3,(H,30,35)(H,37,38)/t22-,24+,28+/m1/s1. The van der Waals surface area contributed by atoms with Gasteiger partial charge in [0.25, 0.3) is 5.91 Å². The van der Waals surface area contributed by atoms with Crippen LogP contribution in [0.5, 0.6) is 0 Å². The number of nitrogens with one attached hydrogen (secondary N) is 1. The van der Waals surface area contributed by atoms with Gasteiger partial charge in [0.15, 0.2) is 12.4 Å². The highest BCUT2D eigenvalue weighted by atomic mass is 16.5. The lowest BCUT2D eigenvalue weighted by Gasteiger charge is -2.28. The van der Waals surface area contributed by atoms with E-state index in [1.54, 1.807) is 13.8 Å². The number of aliphatic hydroxyl groups is 1. The van der Waals surface area contributed by atoms with Crippen molar-refractivity contribution in [2.75, 3.05) is 6.61 Å². The second-order valence-corrected chi connectivity index (χ2v) is 10.2. The zero-order chi connectivity index (χ0) is 28.6. The van der Waals surface area contributed by atoms with E-state index in [-0.39, 0.29) is 24.8 Å². The van der Waals surface area contributed by atoms with Crippen LogP contribution in [-0.2, 0) is 27.5 Å². The summed E-state index contributed by atoms with van der Waals surface area (Å²) < 4.78 is 6.31. The molecule has 0 bridgehead atoms. The molecule has 208 valence electrons. The van der Waals surface area contributed by atoms with Crippen molar-refractivity contribution in [2.24, 2.45) is 17.1 Å². The van der Waals surface area contributed by atoms with Gasteiger partial charge in [-0.3, -0.25) is 14.4 Å². The van der Waals surface area contributed by atoms with E-state index in [1.807, 2.05) is 54.6 Å². The van der Waals surface area contributed by atoms with E-state index in [1.165, 1.54) is 17.8 Å². The number of amides is 1. The molecule has 11 nitrogen and oxygen atoms in total. The van der Waals surface area contributed by atoms with Gasteiger partial charge in [-0.25, -0.2) is 4.68 Å². The van der Waals surface area contributed by atoms with E-state index < -0.39 is 42.0 Å². The third-order valence-electron chi connectivity index (χ3n) is 6.54. The van der Waals surface area contributed by atoms with Crippen LogP contribution in [0.1, 0.15) is 43.2 Å². The van der Waals surface area contributed by atoms with Gasteiger partial charge in [-0.05, 0) is 42.4 Å². The van der Waals surface area contributed by atoms with E-state index in [0.29, 0.717) is 6.42 Å². The van der Waals surface area contributed by atoms with E-state index >= 15 is 0 Å². The van der Waals surface area contributed by atoms with Crippen LogP contribution in [0.2, 0.25) is 0 Å². The van der Waals surface area contributed by atoms with Crippen LogP contribution in [0.15, 0.2) is 60.8 Å². The Labute approximate surface area is 227 Å². The molecule has 1 heterocycles. The van der Waals surface area contributed by atoms with E-state index in [4.69, 9.17) is 10.5 Å². The topological polar surface area (TPSA) is 170 Å². The first-order valence-electron chi connectivity index (χ1n) is 12.6. The molecule has 3 rings (SSSR count). The van der Waals surface area contributed by atoms with Crippen LogP contribution >= 0.6 is 0 Å². The Morgan fingerprint density at radius 1 is 1.08 bits per heavy atom. The summed E-state index contributed by atoms with van der Waals surface area (Å²) in [5, 5.41) is 30.0. The van der Waals surface area contributed by atoms with Crippen molar-refractivity contribution < 1.29 is 29.3 Å². The Morgan fingerprint density at radius 2 is 1.72 bits per heavy atom. The molecule has 0 aliphatic rings. The molecule has 0 spiro atoms. The largest absolute Gasteiger partial charge is 0.481 e. The molecule has 0 aliphatic heterocycles. The van der Waals surface area contributed by atoms with Gasteiger partial charge in [-0.15, -0.1) is 5.10 Å². The number of aliphatic hydroxyl groups excluding tert-OH is 1. The first kappa shape index (κ1) is 29.5. The van der Waals surface area contributed by atoms with E-state index in [0.717, 1.165) is 16.7 Å². The summed E-state index contributed by atoms with van der Waals surface area (Å²) in [6.45, 7) is 4.16. The van der Waals surface area contributed by atoms with Crippen LogP contribution in [0.4, 0.5) is 0 Å². The van der Waals surface area contributed by atoms with Gasteiger partial charge in [-0.1, -0.05) is 73.7 Å². The maximum atomic E-state index is 13.0. The van der Waals surface area contributed by atoms with Crippen molar-refractivity contribution in [3.63, 3.8) is 0 Å². The Morgan fingerprint density at radius 3 is 2.31 bits per heavy atom. The van der Waals surface area contributed by atoms with Crippen LogP contribution in [-0.4, -0.2) is 61.7 Å². The summed E-state index contributed by atoms with van der Waals surface area (Å²) in [5.74, 6) is -2.45. The van der Waals surface area contributed by atoms with E-state index in [2.05, 4.69) is 15.6 Å². The molecule has 0 unspecified atom stereocenters. The SMILES string of the molecule is CC(C)[C@H](N)C(=O)OCn1cc(C(=O)N[C@H](Cc2ccc(-c3ccccc3)cc2)C[C@@](C)(CO)C(=O)O)nn1. The molecule has 0 saturated heterocycles. The minimum absolute atomic E-state index is 0.0240. The first-order chi connectivity index (χ1) is 18.5. The van der Waals surface area contributed by atoms with Crippen molar-refractivity contribution in [1.29, 1.82) is 0 Å². The molecule has 3 aromatic rings. The molecule has 1 amide bonds. The Bertz CT molecular complexity index is 1260. The summed E-state index contributed by atoms with van der Waals surface area (Å²) in [6.07, 6.45) is 1.62. The zero-order valence-electron chi connectivity index (χ0n) is 22.3. The van der Waals surface area contributed by atoms with Gasteiger partial charge in [0.1, 0.15) is 6.04 Å². The highest BCUT2D eigenvalue weighted by Crippen LogP contribution is 2.26. The van der Waals surface area contributed by atoms with Crippen LogP contribution in [0, 0.1) is 11.3 Å². The van der Waals surface area contributed by atoms with Gasteiger partial charge in [0.2, 0.25) is 0 Å². The Hall–Kier alpha value is -4.09. The molecular formula is C28H35N5O6. The molecule has 0 fully saturated rings. The lowest BCUT2D eigenvalue weighted by atomic mass is 9.82. The zero-order valence-corrected chi connectivity index (χ0v) is 22.3. The predicted octanol–water partition coefficient (Wildman–Crippen LogP) is 2.24. The van der Waals surface area contributed by atoms with Gasteiger partial charge >= 0.3 is 11.9 Å². The van der Waals surface area contributed by atoms with Gasteiger partial charge in [0, 0.05) is 6.04 Å². The van der Waals surface area contributed by atoms with Gasteiger partial charge < -0.3 is 26.0 Å². The number of carbonyl (C=O) groups is 3. The number of aromatic nitrogens is 3. The lowest BCUT2D eigenvalue weighted by molar-refractivity contribution is -0.151. The number of benzene rings is 2. The second-order valence-electron chi connectivity index (χ2n) is 10.2. The molecule has 11 heteroatoms. The lowest BCUT2D eigenvalue weighted by Crippen LogP contribution is -2.44. The van der Waals surface area contributed by atoms with Crippen molar-refractivity contribution >= 4 is 17.8 Å². The fourth-order valence-electron chi connectivity index (χ4n) is 3.91. The average molecular weight is 538 g/mol. The third kappa shape index (κ3) is 7.95. The molecule has 2 aromatic carbocycles. The molecule has 0 saturated carbocycles. The molecule has 3 atom stereocenters. The normalized spacial score (nSPS) is 14.3. The summed E-state index contributed by atoms with van der Waals surface area (Å²) in [6, 6.07) is 16.2. The number of hydrogen-bond donors (Lipinski definition) is 4.